The van der Waals surface area contributed by atoms with Gasteiger partial charge in [0.25, 0.3) is 5.91 Å². The van der Waals surface area contributed by atoms with Gasteiger partial charge in [0, 0.05) is 24.5 Å². The Morgan fingerprint density at radius 3 is 2.76 bits per heavy atom. The Balaban J connectivity index is 0.00000161. The van der Waals surface area contributed by atoms with E-state index in [1.807, 2.05) is 12.1 Å². The molecule has 2 aromatic rings. The molecule has 0 spiro atoms. The van der Waals surface area contributed by atoms with Gasteiger partial charge in [0.1, 0.15) is 11.1 Å². The molecule has 1 aromatic carbocycles. The number of hydrogen-bond acceptors (Lipinski definition) is 4. The molecule has 0 bridgehead atoms. The second-order valence-corrected chi connectivity index (χ2v) is 5.19. The first-order valence-corrected chi connectivity index (χ1v) is 6.65. The van der Waals surface area contributed by atoms with Gasteiger partial charge in [-0.2, -0.15) is 0 Å². The van der Waals surface area contributed by atoms with Crippen LogP contribution in [0.1, 0.15) is 22.3 Å². The Morgan fingerprint density at radius 1 is 1.38 bits per heavy atom. The summed E-state index contributed by atoms with van der Waals surface area (Å²) in [6.45, 7) is 2.86. The Hall–Kier alpha value is -1.85. The molecule has 2 N–H and O–H groups in total. The number of para-hydroxylation sites is 1. The van der Waals surface area contributed by atoms with E-state index in [4.69, 9.17) is 10.2 Å². The largest absolute Gasteiger partial charge is 0.422 e. The van der Waals surface area contributed by atoms with Crippen molar-refractivity contribution < 1.29 is 9.21 Å². The molecule has 21 heavy (non-hydrogen) atoms. The fourth-order valence-corrected chi connectivity index (χ4v) is 2.68. The maximum absolute atomic E-state index is 12.5. The molecule has 0 saturated carbocycles. The molecular weight excluding hydrogens is 292 g/mol. The van der Waals surface area contributed by atoms with Crippen molar-refractivity contribution in [2.24, 2.45) is 5.73 Å². The lowest BCUT2D eigenvalue weighted by Crippen LogP contribution is -2.35. The fourth-order valence-electron chi connectivity index (χ4n) is 2.68. The third-order valence-corrected chi connectivity index (χ3v) is 3.80. The molecule has 1 aromatic heterocycles. The number of nitrogens with two attached hydrogens (primary N) is 1. The average Bonchev–Trinajstić information content (AvgIpc) is 2.85. The van der Waals surface area contributed by atoms with E-state index in [0.717, 1.165) is 11.8 Å². The summed E-state index contributed by atoms with van der Waals surface area (Å²) in [5.74, 6) is -0.282. The summed E-state index contributed by atoms with van der Waals surface area (Å²) in [5, 5.41) is 0.791. The van der Waals surface area contributed by atoms with E-state index in [0.29, 0.717) is 24.2 Å². The summed E-state index contributed by atoms with van der Waals surface area (Å²) in [6.07, 6.45) is 0.768. The van der Waals surface area contributed by atoms with Crippen molar-refractivity contribution in [2.45, 2.75) is 19.4 Å². The van der Waals surface area contributed by atoms with Gasteiger partial charge in [0.05, 0.1) is 0 Å². The highest BCUT2D eigenvalue weighted by Crippen LogP contribution is 2.21. The third-order valence-electron chi connectivity index (χ3n) is 3.80. The summed E-state index contributed by atoms with van der Waals surface area (Å²) >= 11 is 0. The zero-order chi connectivity index (χ0) is 14.3. The number of hydrogen-bond donors (Lipinski definition) is 1. The maximum Gasteiger partial charge on any atom is 0.349 e. The van der Waals surface area contributed by atoms with Crippen LogP contribution < -0.4 is 11.4 Å². The van der Waals surface area contributed by atoms with Gasteiger partial charge in [-0.1, -0.05) is 18.2 Å². The quantitative estimate of drug-likeness (QED) is 0.813. The van der Waals surface area contributed by atoms with Crippen LogP contribution >= 0.6 is 12.4 Å². The number of halogens is 1. The van der Waals surface area contributed by atoms with Gasteiger partial charge in [0.2, 0.25) is 0 Å². The highest BCUT2D eigenvalue weighted by Gasteiger charge is 2.28. The molecule has 1 amide bonds. The van der Waals surface area contributed by atoms with Crippen molar-refractivity contribution in [3.8, 4) is 0 Å². The van der Waals surface area contributed by atoms with Crippen LogP contribution in [0.15, 0.2) is 33.5 Å². The molecule has 1 aliphatic rings. The van der Waals surface area contributed by atoms with Crippen LogP contribution in [0.25, 0.3) is 11.0 Å². The first-order valence-electron chi connectivity index (χ1n) is 6.65. The van der Waals surface area contributed by atoms with Gasteiger partial charge in [-0.3, -0.25) is 4.79 Å². The topological polar surface area (TPSA) is 76.5 Å². The van der Waals surface area contributed by atoms with Crippen molar-refractivity contribution in [1.29, 1.82) is 0 Å². The Kier molecular flexibility index (Phi) is 4.34. The minimum Gasteiger partial charge on any atom is -0.422 e. The summed E-state index contributed by atoms with van der Waals surface area (Å²) < 4.78 is 5.25. The van der Waals surface area contributed by atoms with Crippen LogP contribution in [0.4, 0.5) is 0 Å². The Labute approximate surface area is 128 Å². The van der Waals surface area contributed by atoms with E-state index in [2.05, 4.69) is 0 Å². The highest BCUT2D eigenvalue weighted by molar-refractivity contribution is 5.99. The normalized spacial score (nSPS) is 17.8. The predicted molar refractivity (Wildman–Crippen MR) is 83.0 cm³/mol. The number of aryl methyl sites for hydroxylation is 1. The molecule has 0 radical (unpaired) electrons. The molecule has 112 valence electrons. The zero-order valence-electron chi connectivity index (χ0n) is 11.7. The summed E-state index contributed by atoms with van der Waals surface area (Å²) in [7, 11) is 0. The number of fused-ring (bicyclic) bond motifs is 1. The molecule has 0 unspecified atom stereocenters. The van der Waals surface area contributed by atoms with Crippen molar-refractivity contribution >= 4 is 29.3 Å². The molecule has 3 rings (SSSR count). The molecular formula is C15H17ClN2O3. The van der Waals surface area contributed by atoms with E-state index in [9.17, 15) is 9.59 Å². The lowest BCUT2D eigenvalue weighted by atomic mass is 10.1. The molecule has 6 heteroatoms. The number of benzene rings is 1. The summed E-state index contributed by atoms with van der Waals surface area (Å²) in [6, 6.07) is 7.22. The Morgan fingerprint density at radius 2 is 2.10 bits per heavy atom. The van der Waals surface area contributed by atoms with E-state index in [-0.39, 0.29) is 29.9 Å². The van der Waals surface area contributed by atoms with Crippen molar-refractivity contribution in [3.05, 3.63) is 45.8 Å². The number of carbonyl (C=O) groups is 1. The first-order chi connectivity index (χ1) is 9.58. The third kappa shape index (κ3) is 2.66. The lowest BCUT2D eigenvalue weighted by molar-refractivity contribution is 0.0786. The molecule has 1 saturated heterocycles. The fraction of sp³-hybridized carbons (Fsp3) is 0.333. The van der Waals surface area contributed by atoms with E-state index >= 15 is 0 Å². The van der Waals surface area contributed by atoms with Crippen molar-refractivity contribution in [2.75, 3.05) is 13.1 Å². The minimum absolute atomic E-state index is 0. The van der Waals surface area contributed by atoms with Crippen molar-refractivity contribution in [1.82, 2.24) is 4.90 Å². The van der Waals surface area contributed by atoms with Crippen LogP contribution in [0, 0.1) is 6.92 Å². The predicted octanol–water partition coefficient (Wildman–Crippen LogP) is 1.70. The first kappa shape index (κ1) is 15.5. The van der Waals surface area contributed by atoms with E-state index < -0.39 is 5.63 Å². The average molecular weight is 309 g/mol. The monoisotopic (exact) mass is 308 g/mol. The Bertz CT molecular complexity index is 741. The molecule has 1 aliphatic heterocycles. The van der Waals surface area contributed by atoms with Gasteiger partial charge in [-0.15, -0.1) is 12.4 Å². The standard InChI is InChI=1S/C15H16N2O3.ClH/c1-9-11-4-2-3-5-12(11)20-15(19)13(9)14(18)17-7-6-10(16)8-17;/h2-5,10H,6-8,16H2,1H3;1H/t10-;/m1./s1. The number of rotatable bonds is 1. The smallest absolute Gasteiger partial charge is 0.349 e. The number of carbonyl (C=O) groups excluding carboxylic acids is 1. The van der Waals surface area contributed by atoms with Crippen LogP contribution in [-0.2, 0) is 0 Å². The van der Waals surface area contributed by atoms with Gasteiger partial charge in [-0.05, 0) is 25.0 Å². The van der Waals surface area contributed by atoms with Crippen LogP contribution in [-0.4, -0.2) is 29.9 Å². The molecule has 1 atom stereocenters. The zero-order valence-corrected chi connectivity index (χ0v) is 12.5. The van der Waals surface area contributed by atoms with Gasteiger partial charge < -0.3 is 15.1 Å². The second kappa shape index (κ2) is 5.87. The maximum atomic E-state index is 12.5. The van der Waals surface area contributed by atoms with E-state index in [1.54, 1.807) is 24.0 Å². The lowest BCUT2D eigenvalue weighted by Gasteiger charge is -2.16. The van der Waals surface area contributed by atoms with Gasteiger partial charge >= 0.3 is 5.63 Å². The summed E-state index contributed by atoms with van der Waals surface area (Å²) in [5.41, 5.74) is 6.53. The highest BCUT2D eigenvalue weighted by atomic mass is 35.5. The molecule has 0 aliphatic carbocycles. The van der Waals surface area contributed by atoms with Crippen LogP contribution in [0.3, 0.4) is 0 Å². The number of nitrogens with zero attached hydrogens (tertiary/aromatic N) is 1. The van der Waals surface area contributed by atoms with E-state index in [1.165, 1.54) is 0 Å². The van der Waals surface area contributed by atoms with Crippen LogP contribution in [0.2, 0.25) is 0 Å². The van der Waals surface area contributed by atoms with Gasteiger partial charge in [0.15, 0.2) is 0 Å². The minimum atomic E-state index is -0.577. The SMILES string of the molecule is Cc1c(C(=O)N2CC[C@@H](N)C2)c(=O)oc2ccccc12.Cl. The van der Waals surface area contributed by atoms with Crippen LogP contribution in [0.5, 0.6) is 0 Å². The van der Waals surface area contributed by atoms with Gasteiger partial charge in [-0.25, -0.2) is 4.79 Å². The number of likely N-dealkylation sites (tertiary alicyclic amines) is 1. The molecule has 1 fully saturated rings. The summed E-state index contributed by atoms with van der Waals surface area (Å²) in [4.78, 5) is 26.2. The number of amides is 1. The second-order valence-electron chi connectivity index (χ2n) is 5.19. The molecule has 5 nitrogen and oxygen atoms in total. The van der Waals surface area contributed by atoms with Crippen molar-refractivity contribution in [3.63, 3.8) is 0 Å². The molecule has 2 heterocycles.